The van der Waals surface area contributed by atoms with Gasteiger partial charge < -0.3 is 10.5 Å². The van der Waals surface area contributed by atoms with E-state index in [4.69, 9.17) is 10.5 Å². The number of sulfonamides is 1. The maximum absolute atomic E-state index is 13.7. The van der Waals surface area contributed by atoms with E-state index in [9.17, 15) is 12.8 Å². The molecule has 112 valence electrons. The second kappa shape index (κ2) is 5.40. The number of rotatable bonds is 4. The van der Waals surface area contributed by atoms with Crippen LogP contribution in [-0.4, -0.2) is 26.7 Å². The largest absolute Gasteiger partial charge is 0.376 e. The molecule has 0 aromatic heterocycles. The number of hydrogen-bond acceptors (Lipinski definition) is 4. The van der Waals surface area contributed by atoms with Crippen LogP contribution < -0.4 is 10.5 Å². The summed E-state index contributed by atoms with van der Waals surface area (Å²) in [4.78, 5) is -0.111. The van der Waals surface area contributed by atoms with Gasteiger partial charge in [-0.05, 0) is 32.4 Å². The van der Waals surface area contributed by atoms with Gasteiger partial charge >= 0.3 is 0 Å². The first kappa shape index (κ1) is 15.4. The van der Waals surface area contributed by atoms with Crippen LogP contribution in [0.15, 0.2) is 23.1 Å². The quantitative estimate of drug-likeness (QED) is 0.873. The predicted molar refractivity (Wildman–Crippen MR) is 73.0 cm³/mol. The summed E-state index contributed by atoms with van der Waals surface area (Å²) < 4.78 is 46.7. The smallest absolute Gasteiger partial charge is 0.241 e. The summed E-state index contributed by atoms with van der Waals surface area (Å²) >= 11 is 0. The molecule has 0 bridgehead atoms. The molecule has 1 aromatic rings. The maximum Gasteiger partial charge on any atom is 0.241 e. The summed E-state index contributed by atoms with van der Waals surface area (Å²) in [7, 11) is -3.85. The lowest BCUT2D eigenvalue weighted by atomic mass is 9.97. The van der Waals surface area contributed by atoms with E-state index in [1.807, 2.05) is 6.92 Å². The molecular weight excluding hydrogens is 283 g/mol. The lowest BCUT2D eigenvalue weighted by molar-refractivity contribution is 0.0957. The first-order valence-electron chi connectivity index (χ1n) is 6.43. The van der Waals surface area contributed by atoms with Gasteiger partial charge in [-0.15, -0.1) is 0 Å². The molecule has 0 aliphatic carbocycles. The summed E-state index contributed by atoms with van der Waals surface area (Å²) in [5.74, 6) is -0.615. The monoisotopic (exact) mass is 302 g/mol. The van der Waals surface area contributed by atoms with Gasteiger partial charge in [0.2, 0.25) is 10.0 Å². The SMILES string of the molecule is CC1OCCC1(C)NS(=O)(=O)c1cccc(F)c1CN. The van der Waals surface area contributed by atoms with E-state index in [1.54, 1.807) is 6.92 Å². The molecule has 2 rings (SSSR count). The van der Waals surface area contributed by atoms with Crippen molar-refractivity contribution in [2.24, 2.45) is 5.73 Å². The van der Waals surface area contributed by atoms with E-state index in [0.717, 1.165) is 0 Å². The highest BCUT2D eigenvalue weighted by Gasteiger charge is 2.41. The van der Waals surface area contributed by atoms with Gasteiger partial charge in [0.25, 0.3) is 0 Å². The van der Waals surface area contributed by atoms with E-state index in [2.05, 4.69) is 4.72 Å². The van der Waals surface area contributed by atoms with Crippen LogP contribution in [0.2, 0.25) is 0 Å². The molecule has 1 saturated heterocycles. The second-order valence-electron chi connectivity index (χ2n) is 5.21. The zero-order valence-corrected chi connectivity index (χ0v) is 12.3. The minimum absolute atomic E-state index is 0.00447. The van der Waals surface area contributed by atoms with Crippen molar-refractivity contribution in [1.82, 2.24) is 4.72 Å². The Bertz CT molecular complexity index is 606. The average Bonchev–Trinajstić information content (AvgIpc) is 2.68. The number of halogens is 1. The lowest BCUT2D eigenvalue weighted by Crippen LogP contribution is -2.50. The summed E-state index contributed by atoms with van der Waals surface area (Å²) in [6.07, 6.45) is 0.327. The molecule has 20 heavy (non-hydrogen) atoms. The Hall–Kier alpha value is -1.02. The minimum atomic E-state index is -3.85. The Morgan fingerprint density at radius 1 is 1.55 bits per heavy atom. The van der Waals surface area contributed by atoms with Crippen molar-refractivity contribution in [3.05, 3.63) is 29.6 Å². The molecule has 2 atom stereocenters. The van der Waals surface area contributed by atoms with E-state index >= 15 is 0 Å². The molecule has 2 unspecified atom stereocenters. The van der Waals surface area contributed by atoms with Gasteiger partial charge in [0, 0.05) is 18.7 Å². The minimum Gasteiger partial charge on any atom is -0.376 e. The lowest BCUT2D eigenvalue weighted by Gasteiger charge is -2.28. The molecule has 0 saturated carbocycles. The van der Waals surface area contributed by atoms with Gasteiger partial charge in [0.1, 0.15) is 5.82 Å². The third-order valence-corrected chi connectivity index (χ3v) is 5.52. The fourth-order valence-corrected chi connectivity index (χ4v) is 4.07. The van der Waals surface area contributed by atoms with E-state index in [0.29, 0.717) is 13.0 Å². The van der Waals surface area contributed by atoms with Crippen LogP contribution in [0.5, 0.6) is 0 Å². The highest BCUT2D eigenvalue weighted by atomic mass is 32.2. The first-order valence-corrected chi connectivity index (χ1v) is 7.91. The fraction of sp³-hybridized carbons (Fsp3) is 0.538. The molecule has 0 amide bonds. The Balaban J connectivity index is 2.39. The average molecular weight is 302 g/mol. The van der Waals surface area contributed by atoms with Crippen LogP contribution in [0.4, 0.5) is 4.39 Å². The van der Waals surface area contributed by atoms with Crippen molar-refractivity contribution in [2.75, 3.05) is 6.61 Å². The van der Waals surface area contributed by atoms with Crippen LogP contribution in [0.25, 0.3) is 0 Å². The van der Waals surface area contributed by atoms with Crippen LogP contribution in [-0.2, 0) is 21.3 Å². The van der Waals surface area contributed by atoms with Crippen molar-refractivity contribution in [1.29, 1.82) is 0 Å². The van der Waals surface area contributed by atoms with Gasteiger partial charge in [-0.3, -0.25) is 0 Å². The van der Waals surface area contributed by atoms with Gasteiger partial charge in [-0.1, -0.05) is 6.07 Å². The molecular formula is C13H19FN2O3S. The van der Waals surface area contributed by atoms with Crippen molar-refractivity contribution in [2.45, 2.75) is 43.4 Å². The standard InChI is InChI=1S/C13H19FN2O3S/c1-9-13(2,6-7-19-9)16-20(17,18)12-5-3-4-11(14)10(12)8-15/h3-5,9,16H,6-8,15H2,1-2H3. The van der Waals surface area contributed by atoms with Crippen molar-refractivity contribution in [3.8, 4) is 0 Å². The molecule has 1 heterocycles. The van der Waals surface area contributed by atoms with Gasteiger partial charge in [-0.25, -0.2) is 17.5 Å². The first-order chi connectivity index (χ1) is 9.30. The number of hydrogen-bond donors (Lipinski definition) is 2. The summed E-state index contributed by atoms with van der Waals surface area (Å²) in [6.45, 7) is 3.91. The zero-order chi connectivity index (χ0) is 15.0. The third-order valence-electron chi connectivity index (χ3n) is 3.82. The normalized spacial score (nSPS) is 26.9. The van der Waals surface area contributed by atoms with Crippen LogP contribution in [0.1, 0.15) is 25.8 Å². The Labute approximate surface area is 118 Å². The van der Waals surface area contributed by atoms with Crippen molar-refractivity contribution >= 4 is 10.0 Å². The number of benzene rings is 1. The van der Waals surface area contributed by atoms with E-state index in [-0.39, 0.29) is 23.1 Å². The molecule has 5 nitrogen and oxygen atoms in total. The molecule has 3 N–H and O–H groups in total. The molecule has 1 aliphatic heterocycles. The molecule has 0 radical (unpaired) electrons. The molecule has 1 aromatic carbocycles. The maximum atomic E-state index is 13.7. The van der Waals surface area contributed by atoms with Gasteiger partial charge in [-0.2, -0.15) is 0 Å². The highest BCUT2D eigenvalue weighted by Crippen LogP contribution is 2.28. The molecule has 7 heteroatoms. The van der Waals surface area contributed by atoms with Gasteiger partial charge in [0.15, 0.2) is 0 Å². The van der Waals surface area contributed by atoms with E-state index in [1.165, 1.54) is 18.2 Å². The second-order valence-corrected chi connectivity index (χ2v) is 6.86. The Morgan fingerprint density at radius 2 is 2.25 bits per heavy atom. The third kappa shape index (κ3) is 2.71. The summed E-state index contributed by atoms with van der Waals surface area (Å²) in [6, 6.07) is 3.92. The van der Waals surface area contributed by atoms with Crippen LogP contribution >= 0.6 is 0 Å². The van der Waals surface area contributed by atoms with Crippen molar-refractivity contribution < 1.29 is 17.5 Å². The number of nitrogens with two attached hydrogens (primary N) is 1. The van der Waals surface area contributed by atoms with Crippen LogP contribution in [0, 0.1) is 5.82 Å². The fourth-order valence-electron chi connectivity index (χ4n) is 2.32. The van der Waals surface area contributed by atoms with Gasteiger partial charge in [0.05, 0.1) is 16.5 Å². The highest BCUT2D eigenvalue weighted by molar-refractivity contribution is 7.89. The summed E-state index contributed by atoms with van der Waals surface area (Å²) in [5.41, 5.74) is 4.76. The van der Waals surface area contributed by atoms with Crippen LogP contribution in [0.3, 0.4) is 0 Å². The number of nitrogens with one attached hydrogen (secondary N) is 1. The zero-order valence-electron chi connectivity index (χ0n) is 11.5. The predicted octanol–water partition coefficient (Wildman–Crippen LogP) is 1.13. The topological polar surface area (TPSA) is 81.4 Å². The van der Waals surface area contributed by atoms with E-state index < -0.39 is 21.4 Å². The summed E-state index contributed by atoms with van der Waals surface area (Å²) in [5, 5.41) is 0. The Morgan fingerprint density at radius 3 is 2.80 bits per heavy atom. The molecule has 1 fully saturated rings. The number of ether oxygens (including phenoxy) is 1. The molecule has 0 spiro atoms. The Kier molecular flexibility index (Phi) is 4.15. The molecule has 1 aliphatic rings. The van der Waals surface area contributed by atoms with Crippen molar-refractivity contribution in [3.63, 3.8) is 0 Å².